The van der Waals surface area contributed by atoms with E-state index in [2.05, 4.69) is 15.3 Å². The highest BCUT2D eigenvalue weighted by molar-refractivity contribution is 7.17. The van der Waals surface area contributed by atoms with Gasteiger partial charge in [0.2, 0.25) is 12.7 Å². The number of hydrogen-bond acceptors (Lipinski definition) is 8. The quantitative estimate of drug-likeness (QED) is 0.621. The highest BCUT2D eigenvalue weighted by Gasteiger charge is 2.23. The monoisotopic (exact) mass is 410 g/mol. The molecule has 0 saturated heterocycles. The Hall–Kier alpha value is -2.71. The largest absolute Gasteiger partial charge is 0.454 e. The van der Waals surface area contributed by atoms with E-state index in [9.17, 15) is 4.79 Å². The van der Waals surface area contributed by atoms with Gasteiger partial charge in [0, 0.05) is 23.9 Å². The zero-order valence-corrected chi connectivity index (χ0v) is 16.7. The number of anilines is 1. The molecule has 5 rings (SSSR count). The Bertz CT molecular complexity index is 1070. The number of benzene rings is 1. The lowest BCUT2D eigenvalue weighted by atomic mass is 9.91. The van der Waals surface area contributed by atoms with Crippen molar-refractivity contribution in [1.82, 2.24) is 9.97 Å². The van der Waals surface area contributed by atoms with Crippen molar-refractivity contribution in [2.75, 3.05) is 12.1 Å². The van der Waals surface area contributed by atoms with E-state index in [1.54, 1.807) is 6.20 Å². The normalized spacial score (nSPS) is 20.7. The molecule has 0 amide bonds. The molecule has 8 heteroatoms. The highest BCUT2D eigenvalue weighted by atomic mass is 32.1. The minimum atomic E-state index is 0.0223. The summed E-state index contributed by atoms with van der Waals surface area (Å²) >= 11 is 1.49. The van der Waals surface area contributed by atoms with E-state index in [1.165, 1.54) is 17.8 Å². The predicted molar refractivity (Wildman–Crippen MR) is 112 cm³/mol. The molecule has 7 nitrogen and oxygen atoms in total. The van der Waals surface area contributed by atoms with Gasteiger partial charge in [-0.1, -0.05) is 18.9 Å². The molecular formula is C21H22N4O3S. The van der Waals surface area contributed by atoms with Gasteiger partial charge < -0.3 is 20.5 Å². The number of ether oxygens (including phenoxy) is 2. The zero-order chi connectivity index (χ0) is 19.8. The maximum Gasteiger partial charge on any atom is 0.231 e. The van der Waals surface area contributed by atoms with Crippen molar-refractivity contribution in [2.24, 2.45) is 5.73 Å². The topological polar surface area (TPSA) is 99.4 Å². The number of nitrogens with two attached hydrogens (primary N) is 1. The lowest BCUT2D eigenvalue weighted by Crippen LogP contribution is -2.42. The Morgan fingerprint density at radius 3 is 3.00 bits per heavy atom. The summed E-state index contributed by atoms with van der Waals surface area (Å²) in [6.07, 6.45) is 6.41. The van der Waals surface area contributed by atoms with Gasteiger partial charge in [0.1, 0.15) is 0 Å². The van der Waals surface area contributed by atoms with Crippen LogP contribution in [0, 0.1) is 0 Å². The first kappa shape index (κ1) is 18.3. The van der Waals surface area contributed by atoms with E-state index in [0.29, 0.717) is 28.5 Å². The van der Waals surface area contributed by atoms with E-state index in [0.717, 1.165) is 29.5 Å². The van der Waals surface area contributed by atoms with Crippen molar-refractivity contribution in [1.29, 1.82) is 0 Å². The zero-order valence-electron chi connectivity index (χ0n) is 15.9. The smallest absolute Gasteiger partial charge is 0.231 e. The van der Waals surface area contributed by atoms with Crippen LogP contribution in [0.2, 0.25) is 0 Å². The van der Waals surface area contributed by atoms with Crippen LogP contribution in [0.5, 0.6) is 11.5 Å². The minimum Gasteiger partial charge on any atom is -0.454 e. The molecule has 1 aliphatic carbocycles. The molecule has 3 N–H and O–H groups in total. The van der Waals surface area contributed by atoms with Crippen molar-refractivity contribution in [2.45, 2.75) is 44.2 Å². The van der Waals surface area contributed by atoms with E-state index >= 15 is 0 Å². The molecule has 29 heavy (non-hydrogen) atoms. The SMILES string of the molecule is N[C@H]1CCCC[C@H]1Nc1ncc2scc(C(=O)Cc3ccc4c(c3)OCO4)c2n1. The fourth-order valence-electron chi connectivity index (χ4n) is 3.93. The number of ketones is 1. The molecule has 0 spiro atoms. The standard InChI is InChI=1S/C21H22N4O3S/c22-14-3-1-2-4-15(14)24-21-23-9-19-20(25-21)13(10-29-19)16(26)7-12-5-6-17-18(8-12)28-11-27-17/h5-6,8-10,14-15H,1-4,7,11,22H2,(H,23,24,25)/t14-,15+/m0/s1. The second-order valence-electron chi connectivity index (χ2n) is 7.54. The lowest BCUT2D eigenvalue weighted by molar-refractivity contribution is 0.0994. The molecule has 150 valence electrons. The third-order valence-electron chi connectivity index (χ3n) is 5.55. The second-order valence-corrected chi connectivity index (χ2v) is 8.45. The molecule has 2 aliphatic rings. The minimum absolute atomic E-state index is 0.0223. The molecular weight excluding hydrogens is 388 g/mol. The average molecular weight is 410 g/mol. The van der Waals surface area contributed by atoms with Crippen LogP contribution in [0.4, 0.5) is 5.95 Å². The number of nitrogens with one attached hydrogen (secondary N) is 1. The van der Waals surface area contributed by atoms with Crippen LogP contribution in [0.15, 0.2) is 29.8 Å². The number of carbonyl (C=O) groups is 1. The van der Waals surface area contributed by atoms with Gasteiger partial charge >= 0.3 is 0 Å². The Balaban J connectivity index is 1.37. The first-order chi connectivity index (χ1) is 14.2. The van der Waals surface area contributed by atoms with Gasteiger partial charge in [0.15, 0.2) is 17.3 Å². The molecule has 0 bridgehead atoms. The van der Waals surface area contributed by atoms with Gasteiger partial charge in [-0.25, -0.2) is 9.97 Å². The van der Waals surface area contributed by atoms with Gasteiger partial charge in [0.05, 0.1) is 22.0 Å². The number of carbonyl (C=O) groups excluding carboxylic acids is 1. The number of rotatable bonds is 5. The lowest BCUT2D eigenvalue weighted by Gasteiger charge is -2.29. The Morgan fingerprint density at radius 2 is 2.10 bits per heavy atom. The summed E-state index contributed by atoms with van der Waals surface area (Å²) in [6.45, 7) is 0.221. The van der Waals surface area contributed by atoms with Crippen LogP contribution in [-0.4, -0.2) is 34.6 Å². The third kappa shape index (κ3) is 3.65. The summed E-state index contributed by atoms with van der Waals surface area (Å²) in [5, 5.41) is 5.24. The molecule has 0 unspecified atom stereocenters. The maximum atomic E-state index is 13.0. The van der Waals surface area contributed by atoms with Crippen molar-refractivity contribution in [3.8, 4) is 11.5 Å². The number of Topliss-reactive ketones (excluding diaryl/α,β-unsaturated/α-hetero) is 1. The first-order valence-corrected chi connectivity index (χ1v) is 10.7. The van der Waals surface area contributed by atoms with Crippen molar-refractivity contribution >= 4 is 33.3 Å². The van der Waals surface area contributed by atoms with E-state index in [4.69, 9.17) is 15.2 Å². The molecule has 2 aromatic heterocycles. The number of aromatic nitrogens is 2. The first-order valence-electron chi connectivity index (χ1n) is 9.85. The van der Waals surface area contributed by atoms with E-state index in [1.807, 2.05) is 23.6 Å². The fourth-order valence-corrected chi connectivity index (χ4v) is 4.80. The van der Waals surface area contributed by atoms with Crippen molar-refractivity contribution < 1.29 is 14.3 Å². The molecule has 3 heterocycles. The van der Waals surface area contributed by atoms with Crippen LogP contribution >= 0.6 is 11.3 Å². The van der Waals surface area contributed by atoms with Gasteiger partial charge in [-0.05, 0) is 30.5 Å². The molecule has 1 aliphatic heterocycles. The van der Waals surface area contributed by atoms with Crippen LogP contribution in [-0.2, 0) is 6.42 Å². The Labute approximate surface area is 172 Å². The number of hydrogen-bond donors (Lipinski definition) is 2. The molecule has 2 atom stereocenters. The van der Waals surface area contributed by atoms with Crippen LogP contribution in [0.25, 0.3) is 10.2 Å². The van der Waals surface area contributed by atoms with Crippen molar-refractivity contribution in [3.63, 3.8) is 0 Å². The Morgan fingerprint density at radius 1 is 1.24 bits per heavy atom. The molecule has 1 saturated carbocycles. The Kier molecular flexibility index (Phi) is 4.81. The van der Waals surface area contributed by atoms with E-state index < -0.39 is 0 Å². The second kappa shape index (κ2) is 7.61. The summed E-state index contributed by atoms with van der Waals surface area (Å²) < 4.78 is 11.6. The summed E-state index contributed by atoms with van der Waals surface area (Å²) in [4.78, 5) is 22.1. The van der Waals surface area contributed by atoms with E-state index in [-0.39, 0.29) is 31.1 Å². The summed E-state index contributed by atoms with van der Waals surface area (Å²) in [6, 6.07) is 5.88. The number of fused-ring (bicyclic) bond motifs is 2. The number of thiophene rings is 1. The molecule has 0 radical (unpaired) electrons. The molecule has 3 aromatic rings. The fraction of sp³-hybridized carbons (Fsp3) is 0.381. The van der Waals surface area contributed by atoms with Crippen LogP contribution in [0.1, 0.15) is 41.6 Å². The van der Waals surface area contributed by atoms with Crippen LogP contribution in [0.3, 0.4) is 0 Å². The third-order valence-corrected chi connectivity index (χ3v) is 6.46. The predicted octanol–water partition coefficient (Wildman–Crippen LogP) is 3.53. The molecule has 1 fully saturated rings. The summed E-state index contributed by atoms with van der Waals surface area (Å²) in [7, 11) is 0. The van der Waals surface area contributed by atoms with Crippen LogP contribution < -0.4 is 20.5 Å². The number of nitrogens with zero attached hydrogens (tertiary/aromatic N) is 2. The van der Waals surface area contributed by atoms with Crippen molar-refractivity contribution in [3.05, 3.63) is 40.9 Å². The summed E-state index contributed by atoms with van der Waals surface area (Å²) in [5.41, 5.74) is 8.44. The van der Waals surface area contributed by atoms with Gasteiger partial charge in [-0.15, -0.1) is 11.3 Å². The highest BCUT2D eigenvalue weighted by Crippen LogP contribution is 2.33. The van der Waals surface area contributed by atoms with Gasteiger partial charge in [-0.2, -0.15) is 0 Å². The van der Waals surface area contributed by atoms with Gasteiger partial charge in [-0.3, -0.25) is 4.79 Å². The van der Waals surface area contributed by atoms with Gasteiger partial charge in [0.25, 0.3) is 0 Å². The maximum absolute atomic E-state index is 13.0. The average Bonchev–Trinajstić information content (AvgIpc) is 3.36. The summed E-state index contributed by atoms with van der Waals surface area (Å²) in [5.74, 6) is 1.96. The molecule has 1 aromatic carbocycles.